The maximum atomic E-state index is 11.8. The molecule has 1 aliphatic heterocycles. The van der Waals surface area contributed by atoms with Crippen LogP contribution in [-0.4, -0.2) is 37.0 Å². The second kappa shape index (κ2) is 3.10. The van der Waals surface area contributed by atoms with Crippen molar-refractivity contribution < 1.29 is 9.18 Å². The molecule has 0 N–H and O–H groups in total. The summed E-state index contributed by atoms with van der Waals surface area (Å²) < 4.78 is 11.8. The number of Topliss-reactive ketones (excluding diaryl/α,β-unsaturated/α-hetero) is 1. The fourth-order valence-electron chi connectivity index (χ4n) is 1.41. The molecule has 1 fully saturated rings. The van der Waals surface area contributed by atoms with Gasteiger partial charge < -0.3 is 0 Å². The van der Waals surface area contributed by atoms with E-state index in [1.54, 1.807) is 0 Å². The van der Waals surface area contributed by atoms with Gasteiger partial charge >= 0.3 is 0 Å². The highest BCUT2D eigenvalue weighted by molar-refractivity contribution is 5.85. The van der Waals surface area contributed by atoms with E-state index < -0.39 is 6.67 Å². The van der Waals surface area contributed by atoms with Gasteiger partial charge in [-0.25, -0.2) is 4.39 Å². The highest BCUT2D eigenvalue weighted by atomic mass is 19.1. The minimum Gasteiger partial charge on any atom is -0.297 e. The van der Waals surface area contributed by atoms with Gasteiger partial charge in [0.25, 0.3) is 0 Å². The normalized spacial score (nSPS) is 27.2. The monoisotopic (exact) mass is 145 g/mol. The Morgan fingerprint density at radius 1 is 1.80 bits per heavy atom. The van der Waals surface area contributed by atoms with Crippen LogP contribution in [-0.2, 0) is 4.79 Å². The predicted molar refractivity (Wildman–Crippen MR) is 36.6 cm³/mol. The third-order valence-corrected chi connectivity index (χ3v) is 2.02. The maximum Gasteiger partial charge on any atom is 0.180 e. The van der Waals surface area contributed by atoms with Crippen LogP contribution >= 0.6 is 0 Å². The summed E-state index contributed by atoms with van der Waals surface area (Å²) in [4.78, 5) is 12.7. The molecule has 1 heterocycles. The Morgan fingerprint density at radius 2 is 2.50 bits per heavy atom. The van der Waals surface area contributed by atoms with E-state index in [4.69, 9.17) is 0 Å². The molecular formula is C7H12FNO. The van der Waals surface area contributed by atoms with E-state index in [2.05, 4.69) is 0 Å². The summed E-state index contributed by atoms with van der Waals surface area (Å²) in [6.45, 7) is 0.116. The quantitative estimate of drug-likeness (QED) is 0.567. The standard InChI is InChI=1S/C7H12FNO/c1-9-4-2-3-6(9)7(10)5-8/h6H,2-5H2,1H3. The van der Waals surface area contributed by atoms with Crippen LogP contribution in [0.1, 0.15) is 12.8 Å². The van der Waals surface area contributed by atoms with Crippen LogP contribution < -0.4 is 0 Å². The number of ketones is 1. The lowest BCUT2D eigenvalue weighted by molar-refractivity contribution is -0.123. The van der Waals surface area contributed by atoms with Crippen LogP contribution in [0.3, 0.4) is 0 Å². The molecule has 0 aliphatic carbocycles. The van der Waals surface area contributed by atoms with E-state index >= 15 is 0 Å². The molecule has 0 aromatic heterocycles. The number of halogens is 1. The Kier molecular flexibility index (Phi) is 2.38. The number of carbonyl (C=O) groups is 1. The van der Waals surface area contributed by atoms with E-state index in [1.807, 2.05) is 11.9 Å². The molecule has 1 saturated heterocycles. The number of likely N-dealkylation sites (tertiary alicyclic amines) is 1. The van der Waals surface area contributed by atoms with Crippen molar-refractivity contribution in [3.63, 3.8) is 0 Å². The predicted octanol–water partition coefficient (Wildman–Crippen LogP) is 0.619. The highest BCUT2D eigenvalue weighted by Crippen LogP contribution is 2.15. The summed E-state index contributed by atoms with van der Waals surface area (Å²) in [5, 5.41) is 0. The van der Waals surface area contributed by atoms with Crippen LogP contribution in [0.4, 0.5) is 4.39 Å². The summed E-state index contributed by atoms with van der Waals surface area (Å²) >= 11 is 0. The molecule has 1 unspecified atom stereocenters. The van der Waals surface area contributed by atoms with E-state index in [9.17, 15) is 9.18 Å². The minimum atomic E-state index is -0.811. The van der Waals surface area contributed by atoms with Crippen LogP contribution in [0.5, 0.6) is 0 Å². The third kappa shape index (κ3) is 1.34. The number of carbonyl (C=O) groups excluding carboxylic acids is 1. The fraction of sp³-hybridized carbons (Fsp3) is 0.857. The SMILES string of the molecule is CN1CCCC1C(=O)CF. The van der Waals surface area contributed by atoms with Gasteiger partial charge in [0, 0.05) is 0 Å². The number of alkyl halides is 1. The van der Waals surface area contributed by atoms with Crippen molar-refractivity contribution in [3.05, 3.63) is 0 Å². The smallest absolute Gasteiger partial charge is 0.180 e. The molecule has 1 rings (SSSR count). The molecule has 2 nitrogen and oxygen atoms in total. The van der Waals surface area contributed by atoms with Crippen molar-refractivity contribution in [2.75, 3.05) is 20.3 Å². The zero-order chi connectivity index (χ0) is 7.56. The van der Waals surface area contributed by atoms with Gasteiger partial charge in [-0.3, -0.25) is 9.69 Å². The van der Waals surface area contributed by atoms with Gasteiger partial charge in [0.2, 0.25) is 0 Å². The topological polar surface area (TPSA) is 20.3 Å². The number of hydrogen-bond acceptors (Lipinski definition) is 2. The Bertz CT molecular complexity index is 138. The fourth-order valence-corrected chi connectivity index (χ4v) is 1.41. The molecule has 0 radical (unpaired) electrons. The van der Waals surface area contributed by atoms with Crippen molar-refractivity contribution in [1.82, 2.24) is 4.90 Å². The molecule has 0 saturated carbocycles. The van der Waals surface area contributed by atoms with Crippen LogP contribution in [0, 0.1) is 0 Å². The van der Waals surface area contributed by atoms with E-state index in [-0.39, 0.29) is 11.8 Å². The number of rotatable bonds is 2. The zero-order valence-electron chi connectivity index (χ0n) is 6.14. The average molecular weight is 145 g/mol. The first-order chi connectivity index (χ1) is 4.75. The summed E-state index contributed by atoms with van der Waals surface area (Å²) in [5.41, 5.74) is 0. The Balaban J connectivity index is 2.46. The van der Waals surface area contributed by atoms with Crippen molar-refractivity contribution in [3.8, 4) is 0 Å². The van der Waals surface area contributed by atoms with Gasteiger partial charge in [-0.05, 0) is 26.4 Å². The van der Waals surface area contributed by atoms with Gasteiger partial charge in [0.15, 0.2) is 5.78 Å². The van der Waals surface area contributed by atoms with Gasteiger partial charge in [-0.1, -0.05) is 0 Å². The second-order valence-electron chi connectivity index (χ2n) is 2.74. The van der Waals surface area contributed by atoms with Gasteiger partial charge in [0.05, 0.1) is 6.04 Å². The van der Waals surface area contributed by atoms with Crippen LogP contribution in [0.15, 0.2) is 0 Å². The first-order valence-corrected chi connectivity index (χ1v) is 3.54. The van der Waals surface area contributed by atoms with Crippen LogP contribution in [0.2, 0.25) is 0 Å². The molecule has 58 valence electrons. The number of nitrogens with zero attached hydrogens (tertiary/aromatic N) is 1. The lowest BCUT2D eigenvalue weighted by Gasteiger charge is -2.15. The summed E-state index contributed by atoms with van der Waals surface area (Å²) in [7, 11) is 1.87. The first kappa shape index (κ1) is 7.66. The van der Waals surface area contributed by atoms with Crippen molar-refractivity contribution in [2.45, 2.75) is 18.9 Å². The molecule has 1 atom stereocenters. The molecule has 0 spiro atoms. The number of likely N-dealkylation sites (N-methyl/N-ethyl adjacent to an activating group) is 1. The largest absolute Gasteiger partial charge is 0.297 e. The summed E-state index contributed by atoms with van der Waals surface area (Å²) in [5.74, 6) is -0.264. The molecule has 0 amide bonds. The second-order valence-corrected chi connectivity index (χ2v) is 2.74. The molecule has 3 heteroatoms. The molecule has 0 aromatic carbocycles. The Hall–Kier alpha value is -0.440. The first-order valence-electron chi connectivity index (χ1n) is 3.54. The van der Waals surface area contributed by atoms with Crippen molar-refractivity contribution in [2.24, 2.45) is 0 Å². The average Bonchev–Trinajstić information content (AvgIpc) is 2.34. The third-order valence-electron chi connectivity index (χ3n) is 2.02. The summed E-state index contributed by atoms with van der Waals surface area (Å²) in [6.07, 6.45) is 1.85. The van der Waals surface area contributed by atoms with Gasteiger partial charge in [-0.15, -0.1) is 0 Å². The van der Waals surface area contributed by atoms with Gasteiger partial charge in [0.1, 0.15) is 6.67 Å². The summed E-state index contributed by atoms with van der Waals surface area (Å²) in [6, 6.07) is -0.134. The van der Waals surface area contributed by atoms with Crippen LogP contribution in [0.25, 0.3) is 0 Å². The Morgan fingerprint density at radius 3 is 2.90 bits per heavy atom. The maximum absolute atomic E-state index is 11.8. The van der Waals surface area contributed by atoms with E-state index in [0.29, 0.717) is 0 Å². The lowest BCUT2D eigenvalue weighted by atomic mass is 10.1. The van der Waals surface area contributed by atoms with Crippen molar-refractivity contribution in [1.29, 1.82) is 0 Å². The number of hydrogen-bond donors (Lipinski definition) is 0. The molecule has 10 heavy (non-hydrogen) atoms. The Labute approximate surface area is 60.0 Å². The van der Waals surface area contributed by atoms with E-state index in [1.165, 1.54) is 0 Å². The molecule has 0 aromatic rings. The molecule has 0 bridgehead atoms. The molecular weight excluding hydrogens is 133 g/mol. The highest BCUT2D eigenvalue weighted by Gasteiger charge is 2.26. The lowest BCUT2D eigenvalue weighted by Crippen LogP contribution is -2.33. The zero-order valence-corrected chi connectivity index (χ0v) is 6.14. The van der Waals surface area contributed by atoms with Gasteiger partial charge in [-0.2, -0.15) is 0 Å². The van der Waals surface area contributed by atoms with E-state index in [0.717, 1.165) is 19.4 Å². The van der Waals surface area contributed by atoms with Crippen molar-refractivity contribution >= 4 is 5.78 Å². The molecule has 1 aliphatic rings. The minimum absolute atomic E-state index is 0.134.